The molecule has 3 heterocycles. The van der Waals surface area contributed by atoms with Gasteiger partial charge in [0.2, 0.25) is 0 Å². The Labute approximate surface area is 198 Å². The van der Waals surface area contributed by atoms with Crippen molar-refractivity contribution < 1.29 is 9.53 Å². The third kappa shape index (κ3) is 3.76. The van der Waals surface area contributed by atoms with E-state index in [1.165, 1.54) is 5.56 Å². The van der Waals surface area contributed by atoms with E-state index in [4.69, 9.17) is 27.9 Å². The van der Waals surface area contributed by atoms with Crippen LogP contribution in [0, 0.1) is 0 Å². The van der Waals surface area contributed by atoms with Crippen LogP contribution in [0.1, 0.15) is 38.3 Å². The number of piperidine rings is 1. The molecule has 1 aromatic heterocycles. The number of benzene rings is 2. The Morgan fingerprint density at radius 3 is 2.41 bits per heavy atom. The van der Waals surface area contributed by atoms with Crippen LogP contribution in [0.3, 0.4) is 0 Å². The Hall–Kier alpha value is -2.21. The lowest BCUT2D eigenvalue weighted by molar-refractivity contribution is -0.000890. The molecule has 1 amide bonds. The highest BCUT2D eigenvalue weighted by Gasteiger charge is 2.47. The van der Waals surface area contributed by atoms with E-state index in [0.717, 1.165) is 59.1 Å². The quantitative estimate of drug-likeness (QED) is 0.434. The van der Waals surface area contributed by atoms with Gasteiger partial charge in [-0.15, -0.1) is 0 Å². The maximum Gasteiger partial charge on any atom is 0.415 e. The molecule has 2 fully saturated rings. The number of halogens is 2. The first kappa shape index (κ1) is 21.6. The molecular formula is C25H27Cl2N3O2. The highest BCUT2D eigenvalue weighted by Crippen LogP contribution is 2.39. The largest absolute Gasteiger partial charge is 0.441 e. The molecule has 7 heteroatoms. The molecule has 2 aliphatic heterocycles. The number of hydrogen-bond acceptors (Lipinski definition) is 3. The van der Waals surface area contributed by atoms with Gasteiger partial charge in [0.1, 0.15) is 5.60 Å². The summed E-state index contributed by atoms with van der Waals surface area (Å²) < 4.78 is 8.12. The number of likely N-dealkylation sites (tertiary alicyclic amines) is 1. The van der Waals surface area contributed by atoms with Gasteiger partial charge in [-0.3, -0.25) is 9.80 Å². The topological polar surface area (TPSA) is 37.7 Å². The second kappa shape index (κ2) is 8.29. The number of carbonyl (C=O) groups is 1. The monoisotopic (exact) mass is 471 g/mol. The standard InChI is InChI=1S/C25H27Cl2N3O2/c1-17(2)29-15-18(22-20(26)8-9-21(27)23(22)29)14-28-12-10-25(11-13-28)16-30(24(31)32-25)19-6-4-3-5-7-19/h3-9,15,17H,10-14,16H2,1-2H3. The number of rotatable bonds is 4. The highest BCUT2D eigenvalue weighted by atomic mass is 35.5. The Morgan fingerprint density at radius 2 is 1.72 bits per heavy atom. The van der Waals surface area contributed by atoms with Crippen molar-refractivity contribution in [3.8, 4) is 0 Å². The molecule has 0 saturated carbocycles. The Kier molecular flexibility index (Phi) is 5.60. The second-order valence-electron chi connectivity index (χ2n) is 9.16. The smallest absolute Gasteiger partial charge is 0.415 e. The predicted octanol–water partition coefficient (Wildman–Crippen LogP) is 6.52. The predicted molar refractivity (Wildman–Crippen MR) is 130 cm³/mol. The number of hydrogen-bond donors (Lipinski definition) is 0. The summed E-state index contributed by atoms with van der Waals surface area (Å²) in [6.45, 7) is 7.43. The summed E-state index contributed by atoms with van der Waals surface area (Å²) in [5, 5.41) is 2.49. The third-order valence-corrected chi connectivity index (χ3v) is 7.33. The summed E-state index contributed by atoms with van der Waals surface area (Å²) in [4.78, 5) is 16.7. The van der Waals surface area contributed by atoms with Crippen molar-refractivity contribution in [1.29, 1.82) is 0 Å². The molecule has 0 radical (unpaired) electrons. The van der Waals surface area contributed by atoms with Gasteiger partial charge in [-0.25, -0.2) is 4.79 Å². The first-order valence-corrected chi connectivity index (χ1v) is 11.9. The molecule has 0 N–H and O–H groups in total. The summed E-state index contributed by atoms with van der Waals surface area (Å²) in [5.74, 6) is 0. The van der Waals surface area contributed by atoms with Crippen LogP contribution in [-0.2, 0) is 11.3 Å². The number of para-hydroxylation sites is 1. The normalized spacial score (nSPS) is 18.8. The first-order valence-electron chi connectivity index (χ1n) is 11.1. The molecule has 0 atom stereocenters. The SMILES string of the molecule is CC(C)n1cc(CN2CCC3(CC2)CN(c2ccccc2)C(=O)O3)c2c(Cl)ccc(Cl)c21. The Morgan fingerprint density at radius 1 is 1.03 bits per heavy atom. The van der Waals surface area contributed by atoms with Gasteiger partial charge in [-0.2, -0.15) is 0 Å². The van der Waals surface area contributed by atoms with Crippen LogP contribution in [0.5, 0.6) is 0 Å². The van der Waals surface area contributed by atoms with E-state index in [9.17, 15) is 4.79 Å². The first-order chi connectivity index (χ1) is 15.4. The van der Waals surface area contributed by atoms with Gasteiger partial charge in [0.05, 0.1) is 22.1 Å². The molecular weight excluding hydrogens is 445 g/mol. The van der Waals surface area contributed by atoms with Crippen molar-refractivity contribution in [2.24, 2.45) is 0 Å². The van der Waals surface area contributed by atoms with Crippen LogP contribution in [-0.4, -0.2) is 40.8 Å². The lowest BCUT2D eigenvalue weighted by Crippen LogP contribution is -2.46. The van der Waals surface area contributed by atoms with Crippen LogP contribution in [0.4, 0.5) is 10.5 Å². The molecule has 0 unspecified atom stereocenters. The summed E-state index contributed by atoms with van der Waals surface area (Å²) in [6.07, 6.45) is 3.58. The van der Waals surface area contributed by atoms with Crippen molar-refractivity contribution in [2.45, 2.75) is 44.9 Å². The van der Waals surface area contributed by atoms with E-state index in [1.54, 1.807) is 4.90 Å². The van der Waals surface area contributed by atoms with Crippen LogP contribution in [0.15, 0.2) is 48.7 Å². The zero-order chi connectivity index (χ0) is 22.5. The second-order valence-corrected chi connectivity index (χ2v) is 9.97. The van der Waals surface area contributed by atoms with Crippen LogP contribution in [0.2, 0.25) is 10.0 Å². The Bertz CT molecular complexity index is 1150. The number of carbonyl (C=O) groups excluding carboxylic acids is 1. The molecule has 2 aliphatic rings. The van der Waals surface area contributed by atoms with E-state index in [1.807, 2.05) is 42.5 Å². The average Bonchev–Trinajstić information content (AvgIpc) is 3.32. The van der Waals surface area contributed by atoms with E-state index >= 15 is 0 Å². The number of fused-ring (bicyclic) bond motifs is 1. The summed E-state index contributed by atoms with van der Waals surface area (Å²) in [5.41, 5.74) is 2.67. The van der Waals surface area contributed by atoms with Gasteiger partial charge in [0.25, 0.3) is 0 Å². The molecule has 1 spiro atoms. The van der Waals surface area contributed by atoms with Crippen molar-refractivity contribution in [2.75, 3.05) is 24.5 Å². The summed E-state index contributed by atoms with van der Waals surface area (Å²) >= 11 is 13.2. The van der Waals surface area contributed by atoms with Gasteiger partial charge in [0.15, 0.2) is 0 Å². The maximum absolute atomic E-state index is 12.6. The number of nitrogens with zero attached hydrogens (tertiary/aromatic N) is 3. The lowest BCUT2D eigenvalue weighted by Gasteiger charge is -2.37. The van der Waals surface area contributed by atoms with Crippen molar-refractivity contribution in [3.63, 3.8) is 0 Å². The number of ether oxygens (including phenoxy) is 1. The Balaban J connectivity index is 1.33. The van der Waals surface area contributed by atoms with Gasteiger partial charge in [0, 0.05) is 55.8 Å². The molecule has 0 aliphatic carbocycles. The van der Waals surface area contributed by atoms with Gasteiger partial charge < -0.3 is 9.30 Å². The van der Waals surface area contributed by atoms with E-state index < -0.39 is 5.60 Å². The summed E-state index contributed by atoms with van der Waals surface area (Å²) in [7, 11) is 0. The van der Waals surface area contributed by atoms with Crippen molar-refractivity contribution in [3.05, 3.63) is 64.3 Å². The zero-order valence-electron chi connectivity index (χ0n) is 18.4. The van der Waals surface area contributed by atoms with Crippen LogP contribution >= 0.6 is 23.2 Å². The molecule has 5 rings (SSSR count). The zero-order valence-corrected chi connectivity index (χ0v) is 19.9. The van der Waals surface area contributed by atoms with E-state index in [-0.39, 0.29) is 12.1 Å². The fraction of sp³-hybridized carbons (Fsp3) is 0.400. The maximum atomic E-state index is 12.6. The summed E-state index contributed by atoms with van der Waals surface area (Å²) in [6, 6.07) is 13.8. The third-order valence-electron chi connectivity index (χ3n) is 6.71. The molecule has 2 saturated heterocycles. The van der Waals surface area contributed by atoms with Crippen molar-refractivity contribution >= 4 is 45.9 Å². The molecule has 168 valence electrons. The van der Waals surface area contributed by atoms with Gasteiger partial charge >= 0.3 is 6.09 Å². The minimum Gasteiger partial charge on any atom is -0.441 e. The number of aromatic nitrogens is 1. The molecule has 3 aromatic rings. The fourth-order valence-corrected chi connectivity index (χ4v) is 5.50. The van der Waals surface area contributed by atoms with E-state index in [0.29, 0.717) is 6.54 Å². The van der Waals surface area contributed by atoms with Crippen LogP contribution < -0.4 is 4.90 Å². The number of anilines is 1. The lowest BCUT2D eigenvalue weighted by atomic mass is 9.91. The van der Waals surface area contributed by atoms with Crippen molar-refractivity contribution in [1.82, 2.24) is 9.47 Å². The van der Waals surface area contributed by atoms with Gasteiger partial charge in [-0.1, -0.05) is 41.4 Å². The fourth-order valence-electron chi connectivity index (χ4n) is 4.97. The average molecular weight is 472 g/mol. The highest BCUT2D eigenvalue weighted by molar-refractivity contribution is 6.40. The molecule has 2 aromatic carbocycles. The minimum absolute atomic E-state index is 0.244. The minimum atomic E-state index is -0.406. The molecule has 32 heavy (non-hydrogen) atoms. The van der Waals surface area contributed by atoms with Crippen LogP contribution in [0.25, 0.3) is 10.9 Å². The molecule has 5 nitrogen and oxygen atoms in total. The van der Waals surface area contributed by atoms with E-state index in [2.05, 4.69) is 29.5 Å². The molecule has 0 bridgehead atoms. The van der Waals surface area contributed by atoms with Gasteiger partial charge in [-0.05, 0) is 43.7 Å². The number of amides is 1.